The molecule has 3 aliphatic heterocycles. The van der Waals surface area contributed by atoms with Gasteiger partial charge in [-0.3, -0.25) is 4.79 Å². The Balaban J connectivity index is 1.64. The Morgan fingerprint density at radius 3 is 2.83 bits per heavy atom. The second kappa shape index (κ2) is 11.4. The Kier molecular flexibility index (Phi) is 8.48. The molecule has 0 aromatic carbocycles. The van der Waals surface area contributed by atoms with Gasteiger partial charge in [-0.25, -0.2) is 0 Å². The number of aliphatic hydroxyl groups is 2. The van der Waals surface area contributed by atoms with E-state index in [2.05, 4.69) is 25.7 Å². The fourth-order valence-electron chi connectivity index (χ4n) is 5.68. The summed E-state index contributed by atoms with van der Waals surface area (Å²) in [6, 6.07) is 0. The van der Waals surface area contributed by atoms with E-state index < -0.39 is 23.6 Å². The molecule has 2 N–H and O–H groups in total. The Morgan fingerprint density at radius 1 is 1.20 bits per heavy atom. The molecule has 0 radical (unpaired) electrons. The number of carbonyl (C=O) groups is 1. The molecule has 6 heteroatoms. The van der Waals surface area contributed by atoms with Crippen molar-refractivity contribution >= 4 is 5.97 Å². The van der Waals surface area contributed by atoms with Crippen LogP contribution in [0.1, 0.15) is 65.2 Å². The molecule has 0 amide bonds. The van der Waals surface area contributed by atoms with E-state index in [-0.39, 0.29) is 31.5 Å². The molecule has 4 rings (SSSR count). The summed E-state index contributed by atoms with van der Waals surface area (Å²) in [6.45, 7) is 8.58. The van der Waals surface area contributed by atoms with Gasteiger partial charge in [0.05, 0.1) is 18.8 Å². The van der Waals surface area contributed by atoms with Gasteiger partial charge in [0.1, 0.15) is 23.7 Å². The van der Waals surface area contributed by atoms with Gasteiger partial charge >= 0.3 is 5.97 Å². The minimum Gasteiger partial charge on any atom is -0.462 e. The van der Waals surface area contributed by atoms with Crippen LogP contribution in [0.15, 0.2) is 59.3 Å². The van der Waals surface area contributed by atoms with Gasteiger partial charge in [0.15, 0.2) is 0 Å². The third-order valence-corrected chi connectivity index (χ3v) is 7.81. The molecule has 192 valence electrons. The van der Waals surface area contributed by atoms with E-state index in [1.807, 2.05) is 19.1 Å². The summed E-state index contributed by atoms with van der Waals surface area (Å²) in [7, 11) is 0. The summed E-state index contributed by atoms with van der Waals surface area (Å²) in [5.41, 5.74) is 2.03. The van der Waals surface area contributed by atoms with Crippen molar-refractivity contribution in [3.8, 4) is 0 Å². The molecule has 0 spiro atoms. The molecule has 0 saturated carbocycles. The number of hydrogen-bond donors (Lipinski definition) is 2. The number of ether oxygens (including phenoxy) is 3. The highest BCUT2D eigenvalue weighted by Gasteiger charge is 2.57. The van der Waals surface area contributed by atoms with Gasteiger partial charge in [-0.1, -0.05) is 42.5 Å². The number of rotatable bonds is 4. The average molecular weight is 485 g/mol. The van der Waals surface area contributed by atoms with Crippen LogP contribution < -0.4 is 0 Å². The van der Waals surface area contributed by atoms with Crippen LogP contribution in [-0.4, -0.2) is 59.4 Å². The molecule has 0 aromatic rings. The van der Waals surface area contributed by atoms with Crippen molar-refractivity contribution in [1.82, 2.24) is 0 Å². The first-order chi connectivity index (χ1) is 16.8. The molecule has 6 atom stereocenters. The van der Waals surface area contributed by atoms with Crippen LogP contribution in [0.4, 0.5) is 0 Å². The van der Waals surface area contributed by atoms with Crippen LogP contribution in [0, 0.1) is 5.92 Å². The predicted octanol–water partition coefficient (Wildman–Crippen LogP) is 4.48. The zero-order valence-electron chi connectivity index (χ0n) is 21.1. The predicted molar refractivity (Wildman–Crippen MR) is 135 cm³/mol. The maximum absolute atomic E-state index is 13.6. The minimum absolute atomic E-state index is 0.0156. The van der Waals surface area contributed by atoms with Gasteiger partial charge < -0.3 is 24.4 Å². The van der Waals surface area contributed by atoms with Crippen LogP contribution >= 0.6 is 0 Å². The molecule has 35 heavy (non-hydrogen) atoms. The molecule has 2 bridgehead atoms. The summed E-state index contributed by atoms with van der Waals surface area (Å²) in [6.07, 6.45) is 15.3. The van der Waals surface area contributed by atoms with E-state index in [4.69, 9.17) is 14.2 Å². The number of aliphatic hydroxyl groups excluding tert-OH is 1. The number of allylic oxidation sites excluding steroid dienone is 4. The third kappa shape index (κ3) is 5.72. The summed E-state index contributed by atoms with van der Waals surface area (Å²) in [5, 5.41) is 21.1. The zero-order chi connectivity index (χ0) is 25.0. The molecule has 4 aliphatic rings. The normalized spacial score (nSPS) is 38.5. The van der Waals surface area contributed by atoms with E-state index in [0.29, 0.717) is 24.0 Å². The molecule has 6 nitrogen and oxygen atoms in total. The molecule has 2 saturated heterocycles. The first-order valence-electron chi connectivity index (χ1n) is 13.0. The summed E-state index contributed by atoms with van der Waals surface area (Å²) >= 11 is 0. The zero-order valence-corrected chi connectivity index (χ0v) is 21.1. The van der Waals surface area contributed by atoms with Crippen LogP contribution in [0.25, 0.3) is 0 Å². The second-order valence-electron chi connectivity index (χ2n) is 10.4. The molecule has 0 aromatic heterocycles. The maximum Gasteiger partial charge on any atom is 0.316 e. The van der Waals surface area contributed by atoms with Crippen molar-refractivity contribution in [3.63, 3.8) is 0 Å². The van der Waals surface area contributed by atoms with Gasteiger partial charge in [-0.15, -0.1) is 0 Å². The van der Waals surface area contributed by atoms with E-state index in [0.717, 1.165) is 44.1 Å². The Bertz CT molecular complexity index is 927. The number of esters is 1. The van der Waals surface area contributed by atoms with Gasteiger partial charge in [0.2, 0.25) is 0 Å². The van der Waals surface area contributed by atoms with E-state index >= 15 is 0 Å². The second-order valence-corrected chi connectivity index (χ2v) is 10.4. The lowest BCUT2D eigenvalue weighted by atomic mass is 9.70. The molecular formula is C29H40O6. The minimum atomic E-state index is -1.50. The Labute approximate surface area is 209 Å². The van der Waals surface area contributed by atoms with Gasteiger partial charge in [0.25, 0.3) is 0 Å². The van der Waals surface area contributed by atoms with Crippen molar-refractivity contribution in [2.24, 2.45) is 5.92 Å². The number of carbonyl (C=O) groups excluding carboxylic acids is 1. The van der Waals surface area contributed by atoms with Gasteiger partial charge in [-0.2, -0.15) is 0 Å². The summed E-state index contributed by atoms with van der Waals surface area (Å²) in [5.74, 6) is -1.28. The molecule has 4 unspecified atom stereocenters. The van der Waals surface area contributed by atoms with Crippen LogP contribution in [0.5, 0.6) is 0 Å². The fraction of sp³-hybridized carbons (Fsp3) is 0.621. The van der Waals surface area contributed by atoms with Crippen molar-refractivity contribution in [2.75, 3.05) is 13.2 Å². The van der Waals surface area contributed by atoms with Gasteiger partial charge in [0, 0.05) is 19.4 Å². The Hall–Kier alpha value is -1.99. The highest BCUT2D eigenvalue weighted by molar-refractivity contribution is 5.79. The van der Waals surface area contributed by atoms with Crippen molar-refractivity contribution in [3.05, 3.63) is 59.3 Å². The van der Waals surface area contributed by atoms with E-state index in [1.54, 1.807) is 6.08 Å². The largest absolute Gasteiger partial charge is 0.462 e. The lowest BCUT2D eigenvalue weighted by Gasteiger charge is -2.41. The first-order valence-corrected chi connectivity index (χ1v) is 13.0. The van der Waals surface area contributed by atoms with Crippen LogP contribution in [0.3, 0.4) is 0 Å². The molecule has 1 aliphatic carbocycles. The monoisotopic (exact) mass is 484 g/mol. The lowest BCUT2D eigenvalue weighted by Crippen LogP contribution is -2.53. The maximum atomic E-state index is 13.6. The van der Waals surface area contributed by atoms with Crippen molar-refractivity contribution < 1.29 is 29.2 Å². The quantitative estimate of drug-likeness (QED) is 0.348. The fourth-order valence-corrected chi connectivity index (χ4v) is 5.68. The molecule has 3 heterocycles. The lowest BCUT2D eigenvalue weighted by molar-refractivity contribution is -0.173. The van der Waals surface area contributed by atoms with Gasteiger partial charge in [-0.05, 0) is 69.1 Å². The van der Waals surface area contributed by atoms with Crippen LogP contribution in [0.2, 0.25) is 0 Å². The summed E-state index contributed by atoms with van der Waals surface area (Å²) in [4.78, 5) is 13.6. The number of fused-ring (bicyclic) bond motifs is 2. The first kappa shape index (κ1) is 26.1. The topological polar surface area (TPSA) is 85.2 Å². The standard InChI is InChI=1S/C29H40O6/c1-19-9-5-4-6-10-22-18-33-27-21(3)20(2)15-26(29(22,27)32)28(31)35-25-16-23(11-7-8-14-30)34-24(17-25)13-12-19/h4,6,10,12,15,23-27,30,32H,3,5,7-9,11,13-14,16-18H2,1-2H3/b6-4+,19-12+,22-10?/t23?,24?,25?,26?,27-,29-/m1/s1. The highest BCUT2D eigenvalue weighted by Crippen LogP contribution is 2.47. The summed E-state index contributed by atoms with van der Waals surface area (Å²) < 4.78 is 18.4. The van der Waals surface area contributed by atoms with Crippen LogP contribution in [-0.2, 0) is 19.0 Å². The van der Waals surface area contributed by atoms with E-state index in [9.17, 15) is 15.0 Å². The smallest absolute Gasteiger partial charge is 0.316 e. The highest BCUT2D eigenvalue weighted by atomic mass is 16.6. The SMILES string of the molecule is C=C1C(C)=CC2C(=O)OC3CC(C/C=C(\C)CC/C=C/C=C4CO[C@H]1[C@@]42O)OC(CCCCO)C3. The van der Waals surface area contributed by atoms with E-state index in [1.165, 1.54) is 5.57 Å². The van der Waals surface area contributed by atoms with Crippen molar-refractivity contribution in [1.29, 1.82) is 0 Å². The number of hydrogen-bond acceptors (Lipinski definition) is 6. The third-order valence-electron chi connectivity index (χ3n) is 7.81. The average Bonchev–Trinajstić information content (AvgIpc) is 3.16. The molecular weight excluding hydrogens is 444 g/mol. The molecule has 2 fully saturated rings. The Morgan fingerprint density at radius 2 is 2.03 bits per heavy atom. The number of unbranched alkanes of at least 4 members (excludes halogenated alkanes) is 1. The van der Waals surface area contributed by atoms with Crippen molar-refractivity contribution in [2.45, 2.75) is 95.2 Å².